The average molecular weight is 304 g/mol. The highest BCUT2D eigenvalue weighted by Gasteiger charge is 2.44. The number of carbonyl (C=O) groups excluding carboxylic acids is 1. The van der Waals surface area contributed by atoms with Gasteiger partial charge in [0.05, 0.1) is 12.0 Å². The van der Waals surface area contributed by atoms with Gasteiger partial charge in [0.25, 0.3) is 0 Å². The molecule has 1 heterocycles. The molecule has 0 radical (unpaired) electrons. The third-order valence-electron chi connectivity index (χ3n) is 5.32. The van der Waals surface area contributed by atoms with Crippen LogP contribution in [0.3, 0.4) is 0 Å². The molecule has 2 aromatic carbocycles. The predicted molar refractivity (Wildman–Crippen MR) is 94.6 cm³/mol. The van der Waals surface area contributed by atoms with Gasteiger partial charge in [-0.1, -0.05) is 47.9 Å². The van der Waals surface area contributed by atoms with E-state index in [1.807, 2.05) is 26.0 Å². The molecule has 2 aromatic rings. The van der Waals surface area contributed by atoms with Crippen LogP contribution in [0.5, 0.6) is 5.75 Å². The fourth-order valence-electron chi connectivity index (χ4n) is 4.19. The van der Waals surface area contributed by atoms with Crippen molar-refractivity contribution in [2.45, 2.75) is 43.6 Å². The summed E-state index contributed by atoms with van der Waals surface area (Å²) in [6.07, 6.45) is 4.75. The summed E-state index contributed by atoms with van der Waals surface area (Å²) < 4.78 is 6.42. The van der Waals surface area contributed by atoms with Gasteiger partial charge in [-0.25, -0.2) is 0 Å². The zero-order valence-corrected chi connectivity index (χ0v) is 13.5. The van der Waals surface area contributed by atoms with E-state index in [2.05, 4.69) is 30.3 Å². The molecule has 0 bridgehead atoms. The molecule has 0 N–H and O–H groups in total. The Morgan fingerprint density at radius 1 is 1.13 bits per heavy atom. The molecule has 1 saturated carbocycles. The van der Waals surface area contributed by atoms with Crippen molar-refractivity contribution in [1.82, 2.24) is 0 Å². The molecule has 23 heavy (non-hydrogen) atoms. The van der Waals surface area contributed by atoms with Crippen LogP contribution in [0.25, 0.3) is 0 Å². The quantitative estimate of drug-likeness (QED) is 0.757. The van der Waals surface area contributed by atoms with Crippen LogP contribution in [-0.2, 0) is 0 Å². The molecule has 0 amide bonds. The molecule has 1 spiro atoms. The van der Waals surface area contributed by atoms with Crippen molar-refractivity contribution >= 4 is 19.1 Å². The lowest BCUT2D eigenvalue weighted by atomic mass is 9.71. The number of carbonyl (C=O) groups is 1. The van der Waals surface area contributed by atoms with Crippen molar-refractivity contribution in [3.05, 3.63) is 59.7 Å². The van der Waals surface area contributed by atoms with Crippen molar-refractivity contribution in [3.8, 4) is 5.75 Å². The van der Waals surface area contributed by atoms with Gasteiger partial charge in [0.2, 0.25) is 0 Å². The highest BCUT2D eigenvalue weighted by atomic mass is 16.5. The maximum absolute atomic E-state index is 12.7. The molecule has 2 nitrogen and oxygen atoms in total. The minimum atomic E-state index is -0.307. The monoisotopic (exact) mass is 304 g/mol. The molecule has 0 aromatic heterocycles. The second-order valence-corrected chi connectivity index (χ2v) is 7.09. The van der Waals surface area contributed by atoms with Gasteiger partial charge in [0, 0.05) is 0 Å². The standard InChI is InChI=1S/C20H21BO2/c21-16-8-9-19-17(11-16)18(22)13-20(23-19)10-4-7-15(12-20)14-5-2-1-3-6-14/h1-3,5-6,8-9,11,15H,4,7,10,12-13,21H2. The minimum absolute atomic E-state index is 0.240. The van der Waals surface area contributed by atoms with E-state index in [4.69, 9.17) is 4.74 Å². The normalized spacial score (nSPS) is 26.6. The minimum Gasteiger partial charge on any atom is -0.486 e. The maximum Gasteiger partial charge on any atom is 0.170 e. The van der Waals surface area contributed by atoms with Crippen molar-refractivity contribution in [3.63, 3.8) is 0 Å². The topological polar surface area (TPSA) is 26.3 Å². The first-order valence-corrected chi connectivity index (χ1v) is 8.53. The Labute approximate surface area is 138 Å². The molecule has 3 heteroatoms. The summed E-state index contributed by atoms with van der Waals surface area (Å²) in [5.74, 6) is 1.51. The molecule has 4 rings (SSSR count). The van der Waals surface area contributed by atoms with Crippen LogP contribution in [0.1, 0.15) is 53.9 Å². The van der Waals surface area contributed by atoms with Gasteiger partial charge < -0.3 is 4.74 Å². The van der Waals surface area contributed by atoms with Crippen LogP contribution in [0.2, 0.25) is 0 Å². The number of benzene rings is 2. The number of fused-ring (bicyclic) bond motifs is 1. The Kier molecular flexibility index (Phi) is 3.52. The highest BCUT2D eigenvalue weighted by Crippen LogP contribution is 2.46. The van der Waals surface area contributed by atoms with Crippen LogP contribution in [0.15, 0.2) is 48.5 Å². The molecule has 2 aliphatic rings. The Bertz CT molecular complexity index is 741. The van der Waals surface area contributed by atoms with Crippen molar-refractivity contribution in [2.24, 2.45) is 0 Å². The van der Waals surface area contributed by atoms with Crippen LogP contribution >= 0.6 is 0 Å². The first-order valence-electron chi connectivity index (χ1n) is 8.53. The van der Waals surface area contributed by atoms with Gasteiger partial charge in [-0.05, 0) is 43.2 Å². The molecule has 1 fully saturated rings. The predicted octanol–water partition coefficient (Wildman–Crippen LogP) is 3.01. The number of Topliss-reactive ketones (excluding diaryl/α,β-unsaturated/α-hetero) is 1. The summed E-state index contributed by atoms with van der Waals surface area (Å²) in [4.78, 5) is 12.7. The van der Waals surface area contributed by atoms with Gasteiger partial charge >= 0.3 is 0 Å². The summed E-state index contributed by atoms with van der Waals surface area (Å²) in [6, 6.07) is 16.6. The lowest BCUT2D eigenvalue weighted by Gasteiger charge is -2.43. The molecule has 0 saturated heterocycles. The lowest BCUT2D eigenvalue weighted by Crippen LogP contribution is -2.45. The zero-order chi connectivity index (χ0) is 15.9. The van der Waals surface area contributed by atoms with E-state index in [9.17, 15) is 4.79 Å². The third-order valence-corrected chi connectivity index (χ3v) is 5.32. The van der Waals surface area contributed by atoms with Gasteiger partial charge in [-0.3, -0.25) is 4.79 Å². The smallest absolute Gasteiger partial charge is 0.170 e. The highest BCUT2D eigenvalue weighted by molar-refractivity contribution is 6.32. The first-order chi connectivity index (χ1) is 11.2. The molecule has 2 atom stereocenters. The van der Waals surface area contributed by atoms with Gasteiger partial charge in [0.1, 0.15) is 19.2 Å². The summed E-state index contributed by atoms with van der Waals surface area (Å²) in [5.41, 5.74) is 2.94. The lowest BCUT2D eigenvalue weighted by molar-refractivity contribution is 0.00728. The summed E-state index contributed by atoms with van der Waals surface area (Å²) >= 11 is 0. The largest absolute Gasteiger partial charge is 0.486 e. The fourth-order valence-corrected chi connectivity index (χ4v) is 4.19. The number of ether oxygens (including phenoxy) is 1. The van der Waals surface area contributed by atoms with E-state index in [0.29, 0.717) is 12.3 Å². The van der Waals surface area contributed by atoms with Gasteiger partial charge in [-0.15, -0.1) is 0 Å². The van der Waals surface area contributed by atoms with Crippen molar-refractivity contribution < 1.29 is 9.53 Å². The van der Waals surface area contributed by atoms with Crippen LogP contribution in [-0.4, -0.2) is 19.2 Å². The molecular weight excluding hydrogens is 283 g/mol. The van der Waals surface area contributed by atoms with E-state index in [0.717, 1.165) is 36.0 Å². The van der Waals surface area contributed by atoms with Crippen LogP contribution in [0.4, 0.5) is 0 Å². The number of rotatable bonds is 1. The zero-order valence-electron chi connectivity index (χ0n) is 13.5. The summed E-state index contributed by atoms with van der Waals surface area (Å²) in [5, 5.41) is 0. The number of hydrogen-bond acceptors (Lipinski definition) is 2. The van der Waals surface area contributed by atoms with E-state index in [1.54, 1.807) is 0 Å². The molecule has 1 aliphatic carbocycles. The Hall–Kier alpha value is -2.03. The molecule has 2 unspecified atom stereocenters. The van der Waals surface area contributed by atoms with Gasteiger partial charge in [-0.2, -0.15) is 0 Å². The molecular formula is C20H21BO2. The van der Waals surface area contributed by atoms with E-state index in [-0.39, 0.29) is 11.4 Å². The van der Waals surface area contributed by atoms with E-state index < -0.39 is 0 Å². The van der Waals surface area contributed by atoms with Crippen molar-refractivity contribution in [1.29, 1.82) is 0 Å². The first kappa shape index (κ1) is 14.6. The average Bonchev–Trinajstić information content (AvgIpc) is 2.57. The summed E-state index contributed by atoms with van der Waals surface area (Å²) in [7, 11) is 2.02. The Balaban J connectivity index is 1.64. The number of hydrogen-bond donors (Lipinski definition) is 0. The third kappa shape index (κ3) is 2.69. The van der Waals surface area contributed by atoms with E-state index in [1.165, 1.54) is 12.0 Å². The second-order valence-electron chi connectivity index (χ2n) is 7.09. The molecule has 1 aliphatic heterocycles. The second kappa shape index (κ2) is 5.56. The Morgan fingerprint density at radius 3 is 2.78 bits per heavy atom. The van der Waals surface area contributed by atoms with Crippen molar-refractivity contribution in [2.75, 3.05) is 0 Å². The van der Waals surface area contributed by atoms with Gasteiger partial charge in [0.15, 0.2) is 5.78 Å². The maximum atomic E-state index is 12.7. The molecule has 116 valence electrons. The number of ketones is 1. The van der Waals surface area contributed by atoms with E-state index >= 15 is 0 Å². The Morgan fingerprint density at radius 2 is 1.96 bits per heavy atom. The SMILES string of the molecule is Bc1ccc2c(c1)C(=O)CC1(CCCC(c3ccccc3)C1)O2. The summed E-state index contributed by atoms with van der Waals surface area (Å²) in [6.45, 7) is 0. The van der Waals surface area contributed by atoms with Crippen LogP contribution < -0.4 is 10.2 Å². The fraction of sp³-hybridized carbons (Fsp3) is 0.350. The van der Waals surface area contributed by atoms with Crippen LogP contribution in [0, 0.1) is 0 Å².